The van der Waals surface area contributed by atoms with Gasteiger partial charge in [-0.25, -0.2) is 0 Å². The van der Waals surface area contributed by atoms with E-state index in [4.69, 9.17) is 0 Å². The van der Waals surface area contributed by atoms with Gasteiger partial charge in [-0.3, -0.25) is 0 Å². The number of nitrogens with zero attached hydrogens (tertiary/aromatic N) is 3. The van der Waals surface area contributed by atoms with Crippen molar-refractivity contribution in [3.63, 3.8) is 0 Å². The molecule has 1 heterocycles. The molecule has 1 aliphatic rings. The molecule has 3 heteroatoms. The molecular formula is C29H35N3. The molecule has 0 spiro atoms. The van der Waals surface area contributed by atoms with Crippen LogP contribution in [0.5, 0.6) is 0 Å². The SMILES string of the molecule is CN(C)c1ccc(C(/C=C2/N(C)c3ccccc3C2(C)C)c2ccc(N(C)C)cc2)cc1. The lowest BCUT2D eigenvalue weighted by Crippen LogP contribution is -2.24. The van der Waals surface area contributed by atoms with Crippen LogP contribution in [0, 0.1) is 0 Å². The highest BCUT2D eigenvalue weighted by Gasteiger charge is 2.38. The van der Waals surface area contributed by atoms with Crippen LogP contribution in [0.1, 0.15) is 36.5 Å². The zero-order valence-electron chi connectivity index (χ0n) is 20.4. The first kappa shape index (κ1) is 22.0. The zero-order valence-corrected chi connectivity index (χ0v) is 20.4. The summed E-state index contributed by atoms with van der Waals surface area (Å²) in [7, 11) is 10.5. The largest absolute Gasteiger partial charge is 0.378 e. The molecule has 0 atom stereocenters. The third-order valence-corrected chi connectivity index (χ3v) is 6.80. The van der Waals surface area contributed by atoms with E-state index in [1.165, 1.54) is 39.4 Å². The molecule has 4 rings (SSSR count). The lowest BCUT2D eigenvalue weighted by atomic mass is 9.81. The van der Waals surface area contributed by atoms with Crippen LogP contribution in [-0.2, 0) is 5.41 Å². The van der Waals surface area contributed by atoms with Gasteiger partial charge in [-0.15, -0.1) is 0 Å². The van der Waals surface area contributed by atoms with Gasteiger partial charge in [0, 0.05) is 69.3 Å². The average molecular weight is 426 g/mol. The van der Waals surface area contributed by atoms with Crippen LogP contribution in [0.15, 0.2) is 84.6 Å². The molecule has 0 amide bonds. The summed E-state index contributed by atoms with van der Waals surface area (Å²) in [5, 5.41) is 0. The van der Waals surface area contributed by atoms with E-state index in [1.54, 1.807) is 0 Å². The predicted molar refractivity (Wildman–Crippen MR) is 139 cm³/mol. The lowest BCUT2D eigenvalue weighted by Gasteiger charge is -2.27. The van der Waals surface area contributed by atoms with E-state index in [9.17, 15) is 0 Å². The van der Waals surface area contributed by atoms with Crippen LogP contribution < -0.4 is 14.7 Å². The quantitative estimate of drug-likeness (QED) is 0.477. The third-order valence-electron chi connectivity index (χ3n) is 6.80. The van der Waals surface area contributed by atoms with Crippen molar-refractivity contribution in [2.45, 2.75) is 25.2 Å². The Bertz CT molecular complexity index is 1050. The fourth-order valence-corrected chi connectivity index (χ4v) is 4.80. The summed E-state index contributed by atoms with van der Waals surface area (Å²) < 4.78 is 0. The first-order chi connectivity index (χ1) is 15.2. The first-order valence-electron chi connectivity index (χ1n) is 11.3. The molecule has 3 aromatic rings. The second-order valence-corrected chi connectivity index (χ2v) is 9.70. The van der Waals surface area contributed by atoms with Crippen molar-refractivity contribution in [1.29, 1.82) is 0 Å². The molecule has 1 aliphatic heterocycles. The predicted octanol–water partition coefficient (Wildman–Crippen LogP) is 6.26. The fraction of sp³-hybridized carbons (Fsp3) is 0.310. The van der Waals surface area contributed by atoms with Crippen molar-refractivity contribution in [1.82, 2.24) is 0 Å². The maximum Gasteiger partial charge on any atom is 0.0447 e. The molecule has 0 bridgehead atoms. The van der Waals surface area contributed by atoms with Crippen molar-refractivity contribution in [2.24, 2.45) is 0 Å². The molecule has 0 unspecified atom stereocenters. The maximum atomic E-state index is 2.47. The second-order valence-electron chi connectivity index (χ2n) is 9.70. The maximum absolute atomic E-state index is 2.47. The topological polar surface area (TPSA) is 9.72 Å². The highest BCUT2D eigenvalue weighted by atomic mass is 15.2. The van der Waals surface area contributed by atoms with Crippen LogP contribution in [0.3, 0.4) is 0 Å². The molecule has 32 heavy (non-hydrogen) atoms. The minimum Gasteiger partial charge on any atom is -0.378 e. The molecule has 0 aromatic heterocycles. The first-order valence-corrected chi connectivity index (χ1v) is 11.3. The number of benzene rings is 3. The van der Waals surface area contributed by atoms with E-state index in [-0.39, 0.29) is 11.3 Å². The van der Waals surface area contributed by atoms with Gasteiger partial charge in [0.25, 0.3) is 0 Å². The van der Waals surface area contributed by atoms with E-state index in [2.05, 4.69) is 143 Å². The highest BCUT2D eigenvalue weighted by Crippen LogP contribution is 2.48. The van der Waals surface area contributed by atoms with Gasteiger partial charge in [-0.05, 0) is 47.0 Å². The standard InChI is InChI=1S/C29H35N3/c1-29(2)26-10-8-9-11-27(26)32(7)28(29)20-25(21-12-16-23(17-13-21)30(3)4)22-14-18-24(19-15-22)31(5)6/h8-20,25H,1-7H3/b28-20+. The van der Waals surface area contributed by atoms with Crippen molar-refractivity contribution in [3.05, 3.63) is 101 Å². The van der Waals surface area contributed by atoms with Gasteiger partial charge in [0.15, 0.2) is 0 Å². The van der Waals surface area contributed by atoms with Crippen molar-refractivity contribution in [2.75, 3.05) is 49.9 Å². The van der Waals surface area contributed by atoms with Crippen LogP contribution in [0.2, 0.25) is 0 Å². The summed E-state index contributed by atoms with van der Waals surface area (Å²) >= 11 is 0. The molecule has 0 radical (unpaired) electrons. The number of hydrogen-bond acceptors (Lipinski definition) is 3. The monoisotopic (exact) mass is 425 g/mol. The highest BCUT2D eigenvalue weighted by molar-refractivity contribution is 5.70. The number of hydrogen-bond donors (Lipinski definition) is 0. The zero-order chi connectivity index (χ0) is 23.0. The molecule has 0 fully saturated rings. The van der Waals surface area contributed by atoms with Gasteiger partial charge in [0.2, 0.25) is 0 Å². The Morgan fingerprint density at radius 1 is 0.719 bits per heavy atom. The van der Waals surface area contributed by atoms with Crippen LogP contribution in [0.4, 0.5) is 17.1 Å². The molecule has 0 saturated heterocycles. The normalized spacial score (nSPS) is 15.9. The molecule has 3 nitrogen and oxygen atoms in total. The Labute approximate surface area is 193 Å². The fourth-order valence-electron chi connectivity index (χ4n) is 4.80. The number of rotatable bonds is 5. The molecule has 166 valence electrons. The van der Waals surface area contributed by atoms with Crippen LogP contribution in [0.25, 0.3) is 0 Å². The second kappa shape index (κ2) is 8.38. The lowest BCUT2D eigenvalue weighted by molar-refractivity contribution is 0.634. The number of para-hydroxylation sites is 1. The summed E-state index contributed by atoms with van der Waals surface area (Å²) in [6.45, 7) is 4.67. The minimum absolute atomic E-state index is 0.0449. The van der Waals surface area contributed by atoms with Crippen molar-refractivity contribution < 1.29 is 0 Å². The van der Waals surface area contributed by atoms with Crippen LogP contribution in [-0.4, -0.2) is 35.2 Å². The van der Waals surface area contributed by atoms with Crippen molar-refractivity contribution in [3.8, 4) is 0 Å². The minimum atomic E-state index is -0.0449. The van der Waals surface area contributed by atoms with E-state index >= 15 is 0 Å². The Hall–Kier alpha value is -3.20. The Kier molecular flexibility index (Phi) is 5.77. The van der Waals surface area contributed by atoms with E-state index in [0.29, 0.717) is 0 Å². The summed E-state index contributed by atoms with van der Waals surface area (Å²) in [5.74, 6) is 0.175. The molecule has 3 aromatic carbocycles. The Morgan fingerprint density at radius 3 is 1.62 bits per heavy atom. The van der Waals surface area contributed by atoms with Gasteiger partial charge in [-0.1, -0.05) is 62.4 Å². The van der Waals surface area contributed by atoms with Gasteiger partial charge >= 0.3 is 0 Å². The van der Waals surface area contributed by atoms with E-state index in [0.717, 1.165) is 0 Å². The van der Waals surface area contributed by atoms with Gasteiger partial charge < -0.3 is 14.7 Å². The smallest absolute Gasteiger partial charge is 0.0447 e. The molecule has 0 N–H and O–H groups in total. The molecule has 0 aliphatic carbocycles. The van der Waals surface area contributed by atoms with E-state index in [1.807, 2.05) is 0 Å². The van der Waals surface area contributed by atoms with Crippen molar-refractivity contribution >= 4 is 17.1 Å². The third kappa shape index (κ3) is 3.88. The average Bonchev–Trinajstić information content (AvgIpc) is 2.98. The van der Waals surface area contributed by atoms with Gasteiger partial charge in [-0.2, -0.15) is 0 Å². The summed E-state index contributed by atoms with van der Waals surface area (Å²) in [6.07, 6.45) is 2.47. The van der Waals surface area contributed by atoms with Gasteiger partial charge in [0.1, 0.15) is 0 Å². The van der Waals surface area contributed by atoms with Crippen LogP contribution >= 0.6 is 0 Å². The molecule has 0 saturated carbocycles. The number of allylic oxidation sites excluding steroid dienone is 2. The van der Waals surface area contributed by atoms with E-state index < -0.39 is 0 Å². The number of anilines is 3. The van der Waals surface area contributed by atoms with Gasteiger partial charge in [0.05, 0.1) is 0 Å². The Balaban J connectivity index is 1.83. The molecular weight excluding hydrogens is 390 g/mol. The Morgan fingerprint density at radius 2 is 1.19 bits per heavy atom. The summed E-state index contributed by atoms with van der Waals surface area (Å²) in [4.78, 5) is 6.66. The number of fused-ring (bicyclic) bond motifs is 1. The number of likely N-dealkylation sites (N-methyl/N-ethyl adjacent to an activating group) is 1. The summed E-state index contributed by atoms with van der Waals surface area (Å²) in [5.41, 5.74) is 9.03. The summed E-state index contributed by atoms with van der Waals surface area (Å²) in [6, 6.07) is 26.7.